The molecule has 0 amide bonds. The molecule has 1 aromatic heterocycles. The minimum absolute atomic E-state index is 0.558. The molecule has 1 heterocycles. The van der Waals surface area contributed by atoms with Crippen LogP contribution >= 0.6 is 23.2 Å². The lowest BCUT2D eigenvalue weighted by Gasteiger charge is -2.03. The molecule has 0 saturated heterocycles. The van der Waals surface area contributed by atoms with Crippen molar-refractivity contribution in [2.45, 2.75) is 0 Å². The minimum atomic E-state index is 0.558. The molecule has 17 heavy (non-hydrogen) atoms. The number of fused-ring (bicyclic) bond motifs is 3. The van der Waals surface area contributed by atoms with Gasteiger partial charge in [0.1, 0.15) is 16.9 Å². The van der Waals surface area contributed by atoms with Crippen molar-refractivity contribution in [3.05, 3.63) is 40.4 Å². The van der Waals surface area contributed by atoms with Crippen LogP contribution in [0.4, 0.5) is 0 Å². The van der Waals surface area contributed by atoms with Gasteiger partial charge in [-0.25, -0.2) is 0 Å². The summed E-state index contributed by atoms with van der Waals surface area (Å²) < 4.78 is 11.0. The van der Waals surface area contributed by atoms with Crippen molar-refractivity contribution >= 4 is 45.1 Å². The van der Waals surface area contributed by atoms with Gasteiger partial charge in [-0.3, -0.25) is 0 Å². The zero-order valence-electron chi connectivity index (χ0n) is 8.96. The van der Waals surface area contributed by atoms with Gasteiger partial charge in [0.25, 0.3) is 0 Å². The fourth-order valence-electron chi connectivity index (χ4n) is 1.98. The van der Waals surface area contributed by atoms with E-state index in [-0.39, 0.29) is 0 Å². The SMILES string of the molecule is COc1c(Cl)ccc2oc3ccc(Cl)cc3c12. The van der Waals surface area contributed by atoms with Crippen molar-refractivity contribution < 1.29 is 9.15 Å². The summed E-state index contributed by atoms with van der Waals surface area (Å²) in [4.78, 5) is 0. The maximum atomic E-state index is 6.10. The van der Waals surface area contributed by atoms with Crippen LogP contribution in [0.1, 0.15) is 0 Å². The zero-order chi connectivity index (χ0) is 12.0. The molecule has 3 rings (SSSR count). The van der Waals surface area contributed by atoms with Crippen LogP contribution in [-0.2, 0) is 0 Å². The molecule has 0 bridgehead atoms. The third-order valence-electron chi connectivity index (χ3n) is 2.71. The van der Waals surface area contributed by atoms with E-state index in [1.807, 2.05) is 18.2 Å². The molecule has 0 aliphatic carbocycles. The molecule has 86 valence electrons. The fraction of sp³-hybridized carbons (Fsp3) is 0.0769. The molecule has 0 N–H and O–H groups in total. The molecule has 3 aromatic rings. The lowest BCUT2D eigenvalue weighted by molar-refractivity contribution is 0.420. The normalized spacial score (nSPS) is 11.2. The van der Waals surface area contributed by atoms with Crippen molar-refractivity contribution in [1.29, 1.82) is 0 Å². The Hall–Kier alpha value is -1.38. The molecule has 0 fully saturated rings. The number of hydrogen-bond donors (Lipinski definition) is 0. The first-order valence-electron chi connectivity index (χ1n) is 5.05. The number of hydrogen-bond acceptors (Lipinski definition) is 2. The number of benzene rings is 2. The van der Waals surface area contributed by atoms with E-state index in [9.17, 15) is 0 Å². The van der Waals surface area contributed by atoms with Crippen LogP contribution in [0.25, 0.3) is 21.9 Å². The fourth-order valence-corrected chi connectivity index (χ4v) is 2.39. The summed E-state index contributed by atoms with van der Waals surface area (Å²) in [5.41, 5.74) is 1.51. The van der Waals surface area contributed by atoms with E-state index in [4.69, 9.17) is 32.4 Å². The highest BCUT2D eigenvalue weighted by molar-refractivity contribution is 6.34. The summed E-state index contributed by atoms with van der Waals surface area (Å²) in [5, 5.41) is 2.98. The van der Waals surface area contributed by atoms with E-state index in [1.54, 1.807) is 19.2 Å². The molecule has 0 radical (unpaired) electrons. The molecule has 0 atom stereocenters. The van der Waals surface area contributed by atoms with Gasteiger partial charge in [0, 0.05) is 10.4 Å². The van der Waals surface area contributed by atoms with Gasteiger partial charge in [0.15, 0.2) is 0 Å². The summed E-state index contributed by atoms with van der Waals surface area (Å²) in [5.74, 6) is 0.616. The highest BCUT2D eigenvalue weighted by atomic mass is 35.5. The Labute approximate surface area is 108 Å². The topological polar surface area (TPSA) is 22.4 Å². The molecular formula is C13H8Cl2O2. The van der Waals surface area contributed by atoms with Crippen molar-refractivity contribution in [3.8, 4) is 5.75 Å². The van der Waals surface area contributed by atoms with Crippen molar-refractivity contribution in [2.75, 3.05) is 7.11 Å². The third kappa shape index (κ3) is 1.56. The number of halogens is 2. The summed E-state index contributed by atoms with van der Waals surface area (Å²) in [6, 6.07) is 9.06. The predicted molar refractivity (Wildman–Crippen MR) is 70.3 cm³/mol. The summed E-state index contributed by atoms with van der Waals surface area (Å²) in [7, 11) is 1.59. The number of methoxy groups -OCH3 is 1. The van der Waals surface area contributed by atoms with E-state index in [0.717, 1.165) is 21.9 Å². The first-order valence-corrected chi connectivity index (χ1v) is 5.80. The second kappa shape index (κ2) is 3.83. The molecule has 0 unspecified atom stereocenters. The van der Waals surface area contributed by atoms with Gasteiger partial charge in [0.05, 0.1) is 17.5 Å². The molecule has 2 aromatic carbocycles. The van der Waals surface area contributed by atoms with E-state index in [0.29, 0.717) is 15.8 Å². The van der Waals surface area contributed by atoms with E-state index < -0.39 is 0 Å². The lowest BCUT2D eigenvalue weighted by atomic mass is 10.1. The molecule has 0 aliphatic rings. The van der Waals surface area contributed by atoms with Crippen LogP contribution < -0.4 is 4.74 Å². The average molecular weight is 267 g/mol. The van der Waals surface area contributed by atoms with Crippen LogP contribution in [0.5, 0.6) is 5.75 Å². The molecule has 0 aliphatic heterocycles. The number of furan rings is 1. The van der Waals surface area contributed by atoms with Crippen LogP contribution in [0, 0.1) is 0 Å². The monoisotopic (exact) mass is 266 g/mol. The number of rotatable bonds is 1. The van der Waals surface area contributed by atoms with Crippen molar-refractivity contribution in [2.24, 2.45) is 0 Å². The highest BCUT2D eigenvalue weighted by Gasteiger charge is 2.14. The maximum absolute atomic E-state index is 6.10. The van der Waals surface area contributed by atoms with Crippen molar-refractivity contribution in [3.63, 3.8) is 0 Å². The predicted octanol–water partition coefficient (Wildman–Crippen LogP) is 4.90. The van der Waals surface area contributed by atoms with Gasteiger partial charge in [-0.1, -0.05) is 23.2 Å². The first kappa shape index (κ1) is 10.8. The Morgan fingerprint density at radius 2 is 1.82 bits per heavy atom. The summed E-state index contributed by atoms with van der Waals surface area (Å²) in [6.07, 6.45) is 0. The molecule has 2 nitrogen and oxygen atoms in total. The van der Waals surface area contributed by atoms with E-state index >= 15 is 0 Å². The Bertz CT molecular complexity index is 716. The first-order chi connectivity index (χ1) is 8.20. The van der Waals surface area contributed by atoms with E-state index in [1.165, 1.54) is 0 Å². The quantitative estimate of drug-likeness (QED) is 0.625. The Kier molecular flexibility index (Phi) is 2.42. The molecular weight excluding hydrogens is 259 g/mol. The number of ether oxygens (including phenoxy) is 1. The van der Waals surface area contributed by atoms with Crippen molar-refractivity contribution in [1.82, 2.24) is 0 Å². The third-order valence-corrected chi connectivity index (χ3v) is 3.24. The second-order valence-electron chi connectivity index (χ2n) is 3.70. The Morgan fingerprint density at radius 3 is 2.59 bits per heavy atom. The zero-order valence-corrected chi connectivity index (χ0v) is 10.5. The smallest absolute Gasteiger partial charge is 0.149 e. The van der Waals surface area contributed by atoms with Gasteiger partial charge in [0.2, 0.25) is 0 Å². The van der Waals surface area contributed by atoms with Crippen LogP contribution in [0.2, 0.25) is 10.0 Å². The van der Waals surface area contributed by atoms with Gasteiger partial charge >= 0.3 is 0 Å². The van der Waals surface area contributed by atoms with E-state index in [2.05, 4.69) is 0 Å². The highest BCUT2D eigenvalue weighted by Crippen LogP contribution is 2.40. The van der Waals surface area contributed by atoms with Crippen LogP contribution in [0.3, 0.4) is 0 Å². The molecule has 4 heteroatoms. The Morgan fingerprint density at radius 1 is 1.06 bits per heavy atom. The summed E-state index contributed by atoms with van der Waals surface area (Å²) in [6.45, 7) is 0. The van der Waals surface area contributed by atoms with Gasteiger partial charge in [-0.05, 0) is 30.3 Å². The standard InChI is InChI=1S/C13H8Cl2O2/c1-16-13-9(15)3-5-11-12(13)8-6-7(14)2-4-10(8)17-11/h2-6H,1H3. The maximum Gasteiger partial charge on any atom is 0.149 e. The van der Waals surface area contributed by atoms with Gasteiger partial charge in [-0.2, -0.15) is 0 Å². The van der Waals surface area contributed by atoms with Crippen LogP contribution in [0.15, 0.2) is 34.7 Å². The molecule has 0 saturated carbocycles. The largest absolute Gasteiger partial charge is 0.494 e. The summed E-state index contributed by atoms with van der Waals surface area (Å²) >= 11 is 12.1. The van der Waals surface area contributed by atoms with Crippen LogP contribution in [-0.4, -0.2) is 7.11 Å². The average Bonchev–Trinajstić information content (AvgIpc) is 2.67. The second-order valence-corrected chi connectivity index (χ2v) is 4.54. The molecule has 0 spiro atoms. The minimum Gasteiger partial charge on any atom is -0.494 e. The van der Waals surface area contributed by atoms with Gasteiger partial charge in [-0.15, -0.1) is 0 Å². The lowest BCUT2D eigenvalue weighted by Crippen LogP contribution is -1.84. The Balaban J connectivity index is 2.56. The van der Waals surface area contributed by atoms with Gasteiger partial charge < -0.3 is 9.15 Å².